The monoisotopic (exact) mass is 238 g/mol. The summed E-state index contributed by atoms with van der Waals surface area (Å²) in [5, 5.41) is 4.19. The lowest BCUT2D eigenvalue weighted by molar-refractivity contribution is 0.417. The van der Waals surface area contributed by atoms with Crippen LogP contribution in [0.3, 0.4) is 0 Å². The highest BCUT2D eigenvalue weighted by atomic mass is 79.9. The summed E-state index contributed by atoms with van der Waals surface area (Å²) in [5.41, 5.74) is 2.13. The van der Waals surface area contributed by atoms with Crippen molar-refractivity contribution in [2.75, 3.05) is 7.11 Å². The molecule has 2 rings (SSSR count). The first-order valence-electron chi connectivity index (χ1n) is 3.90. The summed E-state index contributed by atoms with van der Waals surface area (Å²) in [6.45, 7) is 0. The van der Waals surface area contributed by atoms with Crippen LogP contribution in [0.5, 0.6) is 5.75 Å². The Labute approximate surface area is 85.2 Å². The number of aromatic nitrogens is 2. The smallest absolute Gasteiger partial charge is 0.145 e. The molecule has 0 N–H and O–H groups in total. The predicted molar refractivity (Wildman–Crippen MR) is 57.6 cm³/mol. The number of halogens is 1. The van der Waals surface area contributed by atoms with E-state index in [2.05, 4.69) is 21.0 Å². The number of methoxy groups -OCH3 is 1. The molecule has 3 nitrogen and oxygen atoms in total. The zero-order chi connectivity index (χ0) is 9.42. The predicted octanol–water partition coefficient (Wildman–Crippen LogP) is 0.364. The van der Waals surface area contributed by atoms with E-state index in [1.807, 2.05) is 26.3 Å². The summed E-state index contributed by atoms with van der Waals surface area (Å²) >= 11 is 3.39. The van der Waals surface area contributed by atoms with Gasteiger partial charge in [-0.2, -0.15) is 5.10 Å². The molecule has 0 aliphatic rings. The third-order valence-electron chi connectivity index (χ3n) is 1.95. The molecule has 66 valence electrons. The van der Waals surface area contributed by atoms with Crippen LogP contribution in [0.2, 0.25) is 0 Å². The van der Waals surface area contributed by atoms with Crippen LogP contribution in [0, 0.1) is 0 Å². The molecule has 0 unspecified atom stereocenters. The van der Waals surface area contributed by atoms with Crippen LogP contribution in [-0.4, -0.2) is 24.6 Å². The Morgan fingerprint density at radius 2 is 2.38 bits per heavy atom. The maximum atomic E-state index is 5.26. The Bertz CT molecular complexity index is 455. The second kappa shape index (κ2) is 3.07. The third-order valence-corrected chi connectivity index (χ3v) is 2.38. The first-order valence-corrected chi connectivity index (χ1v) is 4.69. The van der Waals surface area contributed by atoms with Gasteiger partial charge in [-0.1, -0.05) is 0 Å². The molecule has 0 aromatic carbocycles. The van der Waals surface area contributed by atoms with Crippen molar-refractivity contribution >= 4 is 34.8 Å². The fourth-order valence-corrected chi connectivity index (χ4v) is 1.76. The quantitative estimate of drug-likeness (QED) is 0.671. The standard InChI is InChI=1S/C8H8BBrN2O/c1-13-7-2-5(10)4-12-8(7)6(9)3-11-12/h2-4H,9H2,1H3. The minimum atomic E-state index is 0.837. The van der Waals surface area contributed by atoms with Gasteiger partial charge in [-0.15, -0.1) is 0 Å². The molecule has 13 heavy (non-hydrogen) atoms. The molecular weight excluding hydrogens is 231 g/mol. The highest BCUT2D eigenvalue weighted by Gasteiger charge is 2.06. The molecule has 0 spiro atoms. The van der Waals surface area contributed by atoms with E-state index in [9.17, 15) is 0 Å². The van der Waals surface area contributed by atoms with Gasteiger partial charge in [-0.25, -0.2) is 4.52 Å². The lowest BCUT2D eigenvalue weighted by Gasteiger charge is -2.04. The van der Waals surface area contributed by atoms with Gasteiger partial charge in [0.15, 0.2) is 0 Å². The molecule has 0 saturated carbocycles. The molecule has 0 aliphatic carbocycles. The van der Waals surface area contributed by atoms with Crippen molar-refractivity contribution in [3.63, 3.8) is 0 Å². The summed E-state index contributed by atoms with van der Waals surface area (Å²) in [6, 6.07) is 1.93. The fraction of sp³-hybridized carbons (Fsp3) is 0.125. The maximum Gasteiger partial charge on any atom is 0.145 e. The maximum absolute atomic E-state index is 5.26. The average molecular weight is 239 g/mol. The minimum absolute atomic E-state index is 0.837. The van der Waals surface area contributed by atoms with Crippen molar-refractivity contribution < 1.29 is 4.74 Å². The molecular formula is C8H8BBrN2O. The first kappa shape index (κ1) is 8.63. The number of rotatable bonds is 1. The van der Waals surface area contributed by atoms with E-state index in [0.717, 1.165) is 21.2 Å². The van der Waals surface area contributed by atoms with Crippen molar-refractivity contribution in [3.05, 3.63) is 22.9 Å². The van der Waals surface area contributed by atoms with Crippen LogP contribution in [0.1, 0.15) is 0 Å². The topological polar surface area (TPSA) is 26.5 Å². The van der Waals surface area contributed by atoms with Gasteiger partial charge in [0.25, 0.3) is 0 Å². The first-order chi connectivity index (χ1) is 6.22. The van der Waals surface area contributed by atoms with Gasteiger partial charge in [0.1, 0.15) is 19.1 Å². The molecule has 2 aromatic heterocycles. The van der Waals surface area contributed by atoms with Gasteiger partial charge < -0.3 is 4.74 Å². The Morgan fingerprint density at radius 3 is 3.08 bits per heavy atom. The number of nitrogens with zero attached hydrogens (tertiary/aromatic N) is 2. The third kappa shape index (κ3) is 1.33. The van der Waals surface area contributed by atoms with Crippen molar-refractivity contribution in [2.24, 2.45) is 0 Å². The highest BCUT2D eigenvalue weighted by molar-refractivity contribution is 9.10. The molecule has 0 bridgehead atoms. The van der Waals surface area contributed by atoms with Gasteiger partial charge in [-0.05, 0) is 27.5 Å². The van der Waals surface area contributed by atoms with E-state index in [-0.39, 0.29) is 0 Å². The molecule has 5 heteroatoms. The van der Waals surface area contributed by atoms with Crippen LogP contribution in [0.25, 0.3) is 5.52 Å². The molecule has 2 aromatic rings. The van der Waals surface area contributed by atoms with Gasteiger partial charge in [0, 0.05) is 16.9 Å². The zero-order valence-corrected chi connectivity index (χ0v) is 9.00. The summed E-state index contributed by atoms with van der Waals surface area (Å²) in [4.78, 5) is 0. The molecule has 0 aliphatic heterocycles. The molecule has 0 atom stereocenters. The van der Waals surface area contributed by atoms with Gasteiger partial charge in [-0.3, -0.25) is 0 Å². The SMILES string of the molecule is Bc1cnn2cc(Br)cc(OC)c12. The van der Waals surface area contributed by atoms with Gasteiger partial charge in [0.2, 0.25) is 0 Å². The molecule has 0 radical (unpaired) electrons. The number of pyridine rings is 1. The van der Waals surface area contributed by atoms with E-state index >= 15 is 0 Å². The van der Waals surface area contributed by atoms with Crippen LogP contribution in [0.4, 0.5) is 0 Å². The van der Waals surface area contributed by atoms with Crippen molar-refractivity contribution in [3.8, 4) is 5.75 Å². The Hall–Kier alpha value is -0.965. The Kier molecular flexibility index (Phi) is 2.03. The van der Waals surface area contributed by atoms with Crippen LogP contribution >= 0.6 is 15.9 Å². The number of fused-ring (bicyclic) bond motifs is 1. The largest absolute Gasteiger partial charge is 0.494 e. The van der Waals surface area contributed by atoms with Crippen LogP contribution < -0.4 is 10.2 Å². The van der Waals surface area contributed by atoms with E-state index in [1.54, 1.807) is 11.6 Å². The van der Waals surface area contributed by atoms with Crippen LogP contribution in [-0.2, 0) is 0 Å². The summed E-state index contributed by atoms with van der Waals surface area (Å²) in [7, 11) is 3.67. The Morgan fingerprint density at radius 1 is 1.62 bits per heavy atom. The Balaban J connectivity index is 2.85. The summed E-state index contributed by atoms with van der Waals surface area (Å²) in [5.74, 6) is 0.837. The molecule has 0 saturated heterocycles. The van der Waals surface area contributed by atoms with Crippen LogP contribution in [0.15, 0.2) is 22.9 Å². The normalized spacial score (nSPS) is 10.6. The molecule has 0 amide bonds. The number of ether oxygens (including phenoxy) is 1. The highest BCUT2D eigenvalue weighted by Crippen LogP contribution is 2.22. The van der Waals surface area contributed by atoms with Gasteiger partial charge in [0.05, 0.1) is 7.11 Å². The average Bonchev–Trinajstić information content (AvgIpc) is 2.46. The van der Waals surface area contributed by atoms with Crippen molar-refractivity contribution in [1.82, 2.24) is 9.61 Å². The van der Waals surface area contributed by atoms with E-state index in [4.69, 9.17) is 4.74 Å². The van der Waals surface area contributed by atoms with Gasteiger partial charge >= 0.3 is 0 Å². The van der Waals surface area contributed by atoms with E-state index in [1.165, 1.54) is 0 Å². The molecule has 0 fully saturated rings. The van der Waals surface area contributed by atoms with Crippen molar-refractivity contribution in [1.29, 1.82) is 0 Å². The summed E-state index contributed by atoms with van der Waals surface area (Å²) < 4.78 is 8.02. The number of hydrogen-bond acceptors (Lipinski definition) is 2. The lowest BCUT2D eigenvalue weighted by Crippen LogP contribution is -2.02. The number of hydrogen-bond donors (Lipinski definition) is 0. The zero-order valence-electron chi connectivity index (χ0n) is 7.41. The molecule has 2 heterocycles. The fourth-order valence-electron chi connectivity index (χ4n) is 1.36. The lowest BCUT2D eigenvalue weighted by atomic mass is 9.98. The summed E-state index contributed by atoms with van der Waals surface area (Å²) in [6.07, 6.45) is 3.73. The van der Waals surface area contributed by atoms with E-state index < -0.39 is 0 Å². The second-order valence-electron chi connectivity index (χ2n) is 2.85. The second-order valence-corrected chi connectivity index (χ2v) is 3.76. The van der Waals surface area contributed by atoms with E-state index in [0.29, 0.717) is 0 Å². The van der Waals surface area contributed by atoms with Crippen molar-refractivity contribution in [2.45, 2.75) is 0 Å². The minimum Gasteiger partial charge on any atom is -0.494 e.